The van der Waals surface area contributed by atoms with Gasteiger partial charge in [0, 0.05) is 20.3 Å². The molecule has 2 aliphatic heterocycles. The maximum Gasteiger partial charge on any atom is 0.0739 e. The molecule has 2 aliphatic rings. The number of likely N-dealkylation sites (tertiary alicyclic amines) is 1. The van der Waals surface area contributed by atoms with E-state index in [9.17, 15) is 5.11 Å². The number of aliphatic hydroxyl groups is 1. The van der Waals surface area contributed by atoms with Gasteiger partial charge >= 0.3 is 0 Å². The Balaban J connectivity index is 1.83. The van der Waals surface area contributed by atoms with Crippen molar-refractivity contribution in [1.82, 2.24) is 4.90 Å². The average molecular weight is 215 g/mol. The average Bonchev–Trinajstić information content (AvgIpc) is 2.68. The van der Waals surface area contributed by atoms with Gasteiger partial charge in [-0.05, 0) is 25.3 Å². The molecule has 1 N–H and O–H groups in total. The van der Waals surface area contributed by atoms with Crippen molar-refractivity contribution >= 4 is 0 Å². The highest BCUT2D eigenvalue weighted by Gasteiger charge is 2.34. The van der Waals surface area contributed by atoms with Gasteiger partial charge in [0.2, 0.25) is 0 Å². The van der Waals surface area contributed by atoms with Gasteiger partial charge in [-0.3, -0.25) is 4.90 Å². The Morgan fingerprint density at radius 2 is 2.33 bits per heavy atom. The molecule has 0 spiro atoms. The summed E-state index contributed by atoms with van der Waals surface area (Å²) in [6.07, 6.45) is 1.74. The molecule has 0 aliphatic carbocycles. The predicted molar refractivity (Wildman–Crippen MR) is 56.8 cm³/mol. The zero-order valence-corrected chi connectivity index (χ0v) is 9.39. The molecule has 2 fully saturated rings. The topological polar surface area (TPSA) is 41.9 Å². The Hall–Kier alpha value is -0.160. The highest BCUT2D eigenvalue weighted by Crippen LogP contribution is 2.23. The zero-order chi connectivity index (χ0) is 10.7. The summed E-state index contributed by atoms with van der Waals surface area (Å²) in [5.41, 5.74) is 0. The second-order valence-corrected chi connectivity index (χ2v) is 4.60. The summed E-state index contributed by atoms with van der Waals surface area (Å²) in [5.74, 6) is 0.629. The molecule has 2 heterocycles. The van der Waals surface area contributed by atoms with Gasteiger partial charge in [0.05, 0.1) is 25.4 Å². The Morgan fingerprint density at radius 3 is 3.07 bits per heavy atom. The molecular weight excluding hydrogens is 194 g/mol. The molecule has 2 rings (SSSR count). The van der Waals surface area contributed by atoms with Crippen LogP contribution in [0.5, 0.6) is 0 Å². The van der Waals surface area contributed by atoms with Gasteiger partial charge in [0.1, 0.15) is 0 Å². The van der Waals surface area contributed by atoms with Crippen LogP contribution in [0.4, 0.5) is 0 Å². The van der Waals surface area contributed by atoms with Crippen molar-refractivity contribution in [3.05, 3.63) is 0 Å². The number of ether oxygens (including phenoxy) is 2. The Kier molecular flexibility index (Phi) is 3.97. The van der Waals surface area contributed by atoms with Crippen molar-refractivity contribution in [2.75, 3.05) is 40.0 Å². The second-order valence-electron chi connectivity index (χ2n) is 4.60. The maximum atomic E-state index is 9.89. The minimum absolute atomic E-state index is 0.208. The van der Waals surface area contributed by atoms with Gasteiger partial charge in [-0.1, -0.05) is 0 Å². The van der Waals surface area contributed by atoms with Crippen LogP contribution in [0.1, 0.15) is 12.8 Å². The third-order valence-electron chi connectivity index (χ3n) is 3.48. The van der Waals surface area contributed by atoms with E-state index >= 15 is 0 Å². The van der Waals surface area contributed by atoms with Gasteiger partial charge in [-0.2, -0.15) is 0 Å². The standard InChI is InChI=1S/C11H21NO3/c1-14-7-9-2-4-12(6-9)10-8-15-5-3-11(10)13/h9-11,13H,2-8H2,1H3. The minimum atomic E-state index is -0.208. The highest BCUT2D eigenvalue weighted by molar-refractivity contribution is 4.87. The molecule has 0 bridgehead atoms. The SMILES string of the molecule is COCC1CCN(C2COCCC2O)C1. The smallest absolute Gasteiger partial charge is 0.0739 e. The fourth-order valence-electron chi connectivity index (χ4n) is 2.60. The predicted octanol–water partition coefficient (Wildman–Crippen LogP) is 0.104. The van der Waals surface area contributed by atoms with Crippen LogP contribution in [0.2, 0.25) is 0 Å². The van der Waals surface area contributed by atoms with E-state index in [0.717, 1.165) is 26.1 Å². The first kappa shape index (κ1) is 11.3. The van der Waals surface area contributed by atoms with E-state index in [1.807, 2.05) is 0 Å². The molecule has 0 amide bonds. The molecule has 0 aromatic rings. The molecule has 4 nitrogen and oxygen atoms in total. The van der Waals surface area contributed by atoms with Crippen LogP contribution in [0.3, 0.4) is 0 Å². The fraction of sp³-hybridized carbons (Fsp3) is 1.00. The number of hydrogen-bond acceptors (Lipinski definition) is 4. The molecule has 3 atom stereocenters. The van der Waals surface area contributed by atoms with Crippen LogP contribution in [-0.4, -0.2) is 62.2 Å². The Bertz CT molecular complexity index is 200. The summed E-state index contributed by atoms with van der Waals surface area (Å²) in [6.45, 7) is 4.33. The number of hydrogen-bond donors (Lipinski definition) is 1. The maximum absolute atomic E-state index is 9.89. The molecule has 15 heavy (non-hydrogen) atoms. The third-order valence-corrected chi connectivity index (χ3v) is 3.48. The van der Waals surface area contributed by atoms with E-state index in [2.05, 4.69) is 4.90 Å². The van der Waals surface area contributed by atoms with E-state index in [1.54, 1.807) is 7.11 Å². The largest absolute Gasteiger partial charge is 0.391 e. The van der Waals surface area contributed by atoms with Gasteiger partial charge in [-0.25, -0.2) is 0 Å². The van der Waals surface area contributed by atoms with Gasteiger partial charge in [0.15, 0.2) is 0 Å². The first-order chi connectivity index (χ1) is 7.31. The zero-order valence-electron chi connectivity index (χ0n) is 9.39. The first-order valence-electron chi connectivity index (χ1n) is 5.80. The molecule has 2 saturated heterocycles. The highest BCUT2D eigenvalue weighted by atomic mass is 16.5. The first-order valence-corrected chi connectivity index (χ1v) is 5.80. The lowest BCUT2D eigenvalue weighted by atomic mass is 10.1. The van der Waals surface area contributed by atoms with Gasteiger partial charge < -0.3 is 14.6 Å². The number of aliphatic hydroxyl groups excluding tert-OH is 1. The van der Waals surface area contributed by atoms with Crippen LogP contribution < -0.4 is 0 Å². The summed E-state index contributed by atoms with van der Waals surface area (Å²) in [6, 6.07) is 0.209. The van der Waals surface area contributed by atoms with E-state index in [-0.39, 0.29) is 12.1 Å². The second kappa shape index (κ2) is 5.25. The summed E-state index contributed by atoms with van der Waals surface area (Å²) in [5, 5.41) is 9.89. The van der Waals surface area contributed by atoms with E-state index < -0.39 is 0 Å². The summed E-state index contributed by atoms with van der Waals surface area (Å²) in [4.78, 5) is 2.35. The van der Waals surface area contributed by atoms with Crippen molar-refractivity contribution in [3.63, 3.8) is 0 Å². The minimum Gasteiger partial charge on any atom is -0.391 e. The Morgan fingerprint density at radius 1 is 1.47 bits per heavy atom. The molecule has 0 radical (unpaired) electrons. The van der Waals surface area contributed by atoms with Crippen LogP contribution >= 0.6 is 0 Å². The molecule has 0 saturated carbocycles. The summed E-state index contributed by atoms with van der Waals surface area (Å²) in [7, 11) is 1.75. The number of rotatable bonds is 3. The lowest BCUT2D eigenvalue weighted by Gasteiger charge is -2.35. The van der Waals surface area contributed by atoms with Gasteiger partial charge in [0.25, 0.3) is 0 Å². The normalized spacial score (nSPS) is 38.4. The van der Waals surface area contributed by atoms with Crippen LogP contribution in [0, 0.1) is 5.92 Å². The van der Waals surface area contributed by atoms with Crippen molar-refractivity contribution in [2.45, 2.75) is 25.0 Å². The quantitative estimate of drug-likeness (QED) is 0.725. The lowest BCUT2D eigenvalue weighted by molar-refractivity contribution is -0.0564. The number of nitrogens with zero attached hydrogens (tertiary/aromatic N) is 1. The van der Waals surface area contributed by atoms with Crippen molar-refractivity contribution in [2.24, 2.45) is 5.92 Å². The monoisotopic (exact) mass is 215 g/mol. The van der Waals surface area contributed by atoms with Crippen LogP contribution in [0.25, 0.3) is 0 Å². The van der Waals surface area contributed by atoms with Gasteiger partial charge in [-0.15, -0.1) is 0 Å². The van der Waals surface area contributed by atoms with E-state index in [0.29, 0.717) is 19.1 Å². The van der Waals surface area contributed by atoms with E-state index in [1.165, 1.54) is 6.42 Å². The van der Waals surface area contributed by atoms with Crippen molar-refractivity contribution in [3.8, 4) is 0 Å². The molecular formula is C11H21NO3. The molecule has 88 valence electrons. The molecule has 0 aromatic carbocycles. The van der Waals surface area contributed by atoms with E-state index in [4.69, 9.17) is 9.47 Å². The van der Waals surface area contributed by atoms with Crippen molar-refractivity contribution < 1.29 is 14.6 Å². The molecule has 0 aromatic heterocycles. The Labute approximate surface area is 91.2 Å². The van der Waals surface area contributed by atoms with Crippen molar-refractivity contribution in [1.29, 1.82) is 0 Å². The summed E-state index contributed by atoms with van der Waals surface area (Å²) < 4.78 is 10.6. The van der Waals surface area contributed by atoms with Crippen LogP contribution in [0.15, 0.2) is 0 Å². The molecule has 3 unspecified atom stereocenters. The van der Waals surface area contributed by atoms with Crippen LogP contribution in [-0.2, 0) is 9.47 Å². The lowest BCUT2D eigenvalue weighted by Crippen LogP contribution is -2.48. The number of methoxy groups -OCH3 is 1. The fourth-order valence-corrected chi connectivity index (χ4v) is 2.60. The third kappa shape index (κ3) is 2.69. The molecule has 4 heteroatoms. The summed E-state index contributed by atoms with van der Waals surface area (Å²) >= 11 is 0.